The molecular weight excluding hydrogens is 420 g/mol. The van der Waals surface area contributed by atoms with Crippen molar-refractivity contribution in [1.29, 1.82) is 0 Å². The number of thiocarbonyl (C=S) groups is 1. The highest BCUT2D eigenvalue weighted by Gasteiger charge is 2.42. The number of phenolic OH excluding ortho intramolecular Hbond substituents is 1. The van der Waals surface area contributed by atoms with E-state index in [1.165, 1.54) is 0 Å². The largest absolute Gasteiger partial charge is 0.508 e. The fourth-order valence-electron chi connectivity index (χ4n) is 4.18. The highest BCUT2D eigenvalue weighted by molar-refractivity contribution is 7.80. The van der Waals surface area contributed by atoms with Gasteiger partial charge in [-0.3, -0.25) is 4.98 Å². The fraction of sp³-hybridized carbons (Fsp3) is 0.120. The second-order valence-electron chi connectivity index (χ2n) is 7.52. The van der Waals surface area contributed by atoms with Crippen LogP contribution in [0, 0.1) is 0 Å². The van der Waals surface area contributed by atoms with E-state index in [0.717, 1.165) is 28.5 Å². The average Bonchev–Trinajstić information content (AvgIpc) is 3.44. The molecular formula is C25H22N4O2S. The van der Waals surface area contributed by atoms with Gasteiger partial charge >= 0.3 is 0 Å². The van der Waals surface area contributed by atoms with Crippen LogP contribution in [-0.4, -0.2) is 26.9 Å². The van der Waals surface area contributed by atoms with Crippen molar-refractivity contribution < 1.29 is 9.84 Å². The van der Waals surface area contributed by atoms with Crippen LogP contribution in [0.5, 0.6) is 11.5 Å². The third kappa shape index (κ3) is 3.56. The predicted octanol–water partition coefficient (Wildman–Crippen LogP) is 4.76. The molecule has 0 amide bonds. The molecule has 5 rings (SSSR count). The van der Waals surface area contributed by atoms with Crippen LogP contribution < -0.4 is 15.0 Å². The number of nitrogens with one attached hydrogen (secondary N) is 1. The summed E-state index contributed by atoms with van der Waals surface area (Å²) in [6.07, 6.45) is 3.83. The molecule has 0 spiro atoms. The summed E-state index contributed by atoms with van der Waals surface area (Å²) >= 11 is 5.78. The number of rotatable bonds is 5. The van der Waals surface area contributed by atoms with Crippen LogP contribution in [0.1, 0.15) is 23.5 Å². The molecule has 1 aliphatic heterocycles. The lowest BCUT2D eigenvalue weighted by Crippen LogP contribution is -2.30. The number of hydrogen-bond acceptors (Lipinski definition) is 4. The van der Waals surface area contributed by atoms with Gasteiger partial charge in [-0.1, -0.05) is 12.1 Å². The first-order valence-electron chi connectivity index (χ1n) is 10.3. The van der Waals surface area contributed by atoms with Crippen molar-refractivity contribution in [2.45, 2.75) is 12.1 Å². The van der Waals surface area contributed by atoms with Crippen LogP contribution >= 0.6 is 12.2 Å². The molecule has 4 aromatic rings. The fourth-order valence-corrected chi connectivity index (χ4v) is 4.52. The molecule has 3 heterocycles. The molecule has 0 unspecified atom stereocenters. The van der Waals surface area contributed by atoms with Gasteiger partial charge in [0.1, 0.15) is 17.5 Å². The number of hydrogen-bond donors (Lipinski definition) is 2. The van der Waals surface area contributed by atoms with E-state index < -0.39 is 0 Å². The zero-order valence-corrected chi connectivity index (χ0v) is 18.2. The molecule has 0 saturated carbocycles. The van der Waals surface area contributed by atoms with Crippen molar-refractivity contribution >= 4 is 23.0 Å². The number of methoxy groups -OCH3 is 1. The van der Waals surface area contributed by atoms with Gasteiger partial charge in [0.2, 0.25) is 0 Å². The van der Waals surface area contributed by atoms with Crippen LogP contribution in [0.3, 0.4) is 0 Å². The zero-order valence-electron chi connectivity index (χ0n) is 17.4. The van der Waals surface area contributed by atoms with E-state index in [9.17, 15) is 5.11 Å². The summed E-state index contributed by atoms with van der Waals surface area (Å²) in [7, 11) is 1.67. The molecule has 1 aliphatic rings. The lowest BCUT2D eigenvalue weighted by Gasteiger charge is -2.29. The van der Waals surface area contributed by atoms with Gasteiger partial charge in [-0.15, -0.1) is 0 Å². The number of aromatic nitrogens is 2. The molecule has 2 aromatic heterocycles. The normalized spacial score (nSPS) is 17.9. The van der Waals surface area contributed by atoms with E-state index >= 15 is 0 Å². The molecule has 1 saturated heterocycles. The van der Waals surface area contributed by atoms with Gasteiger partial charge in [-0.2, -0.15) is 0 Å². The summed E-state index contributed by atoms with van der Waals surface area (Å²) < 4.78 is 7.58. The highest BCUT2D eigenvalue weighted by atomic mass is 32.1. The number of aromatic hydroxyl groups is 1. The predicted molar refractivity (Wildman–Crippen MR) is 128 cm³/mol. The van der Waals surface area contributed by atoms with Crippen molar-refractivity contribution in [2.75, 3.05) is 12.0 Å². The molecule has 6 nitrogen and oxygen atoms in total. The summed E-state index contributed by atoms with van der Waals surface area (Å²) in [5.41, 5.74) is 3.84. The smallest absolute Gasteiger partial charge is 0.174 e. The SMILES string of the molecule is COc1cccc(-n2cccc2[C@@H]2[C@H](c3ccccn3)NC(=S)N2c2ccc(O)cc2)c1. The minimum atomic E-state index is -0.164. The van der Waals surface area contributed by atoms with Crippen LogP contribution in [0.25, 0.3) is 5.69 Å². The number of ether oxygens (including phenoxy) is 1. The highest BCUT2D eigenvalue weighted by Crippen LogP contribution is 2.42. The summed E-state index contributed by atoms with van der Waals surface area (Å²) in [5.74, 6) is 1.00. The number of anilines is 1. The molecule has 7 heteroatoms. The van der Waals surface area contributed by atoms with Crippen molar-refractivity contribution in [3.63, 3.8) is 0 Å². The molecule has 32 heavy (non-hydrogen) atoms. The van der Waals surface area contributed by atoms with Gasteiger partial charge < -0.3 is 24.6 Å². The average molecular weight is 443 g/mol. The maximum Gasteiger partial charge on any atom is 0.174 e. The zero-order chi connectivity index (χ0) is 22.1. The number of benzene rings is 2. The maximum absolute atomic E-state index is 9.79. The minimum Gasteiger partial charge on any atom is -0.508 e. The molecule has 1 fully saturated rings. The molecule has 0 bridgehead atoms. The van der Waals surface area contributed by atoms with Crippen LogP contribution in [0.4, 0.5) is 5.69 Å². The summed E-state index contributed by atoms with van der Waals surface area (Å²) in [6, 6.07) is 24.7. The van der Waals surface area contributed by atoms with E-state index in [1.807, 2.05) is 66.9 Å². The summed E-state index contributed by atoms with van der Waals surface area (Å²) in [5, 5.41) is 13.9. The Balaban J connectivity index is 1.66. The standard InChI is InChI=1S/C25H22N4O2S/c1-31-20-7-4-6-18(16-20)28-15-5-9-22(28)24-23(21-8-2-3-14-26-21)27-25(32)29(24)17-10-12-19(30)13-11-17/h2-16,23-24,30H,1H3,(H,27,32)/t23-,24+/m0/s1. The quantitative estimate of drug-likeness (QED) is 0.435. The van der Waals surface area contributed by atoms with Crippen molar-refractivity contribution in [2.24, 2.45) is 0 Å². The van der Waals surface area contributed by atoms with Crippen LogP contribution in [0.15, 0.2) is 91.3 Å². The second kappa shape index (κ2) is 8.36. The molecule has 2 N–H and O–H groups in total. The number of phenols is 1. The third-order valence-electron chi connectivity index (χ3n) is 5.64. The Morgan fingerprint density at radius 1 is 0.969 bits per heavy atom. The number of pyridine rings is 1. The summed E-state index contributed by atoms with van der Waals surface area (Å²) in [4.78, 5) is 6.69. The van der Waals surface area contributed by atoms with E-state index in [1.54, 1.807) is 25.4 Å². The molecule has 2 aromatic carbocycles. The molecule has 160 valence electrons. The first-order chi connectivity index (χ1) is 15.7. The van der Waals surface area contributed by atoms with Gasteiger partial charge in [-0.25, -0.2) is 0 Å². The van der Waals surface area contributed by atoms with Gasteiger partial charge in [0.15, 0.2) is 5.11 Å². The van der Waals surface area contributed by atoms with Crippen molar-refractivity contribution in [3.8, 4) is 17.2 Å². The van der Waals surface area contributed by atoms with E-state index in [0.29, 0.717) is 5.11 Å². The monoisotopic (exact) mass is 442 g/mol. The lowest BCUT2D eigenvalue weighted by molar-refractivity contribution is 0.414. The van der Waals surface area contributed by atoms with Gasteiger partial charge in [0.25, 0.3) is 0 Å². The number of nitrogens with zero attached hydrogens (tertiary/aromatic N) is 3. The topological polar surface area (TPSA) is 62.5 Å². The Morgan fingerprint density at radius 3 is 2.56 bits per heavy atom. The Labute approximate surface area is 191 Å². The Morgan fingerprint density at radius 2 is 1.81 bits per heavy atom. The minimum absolute atomic E-state index is 0.156. The van der Waals surface area contributed by atoms with Gasteiger partial charge in [-0.05, 0) is 72.9 Å². The van der Waals surface area contributed by atoms with E-state index in [-0.39, 0.29) is 17.8 Å². The Bertz CT molecular complexity index is 1240. The second-order valence-corrected chi connectivity index (χ2v) is 7.90. The molecule has 0 aliphatic carbocycles. The van der Waals surface area contributed by atoms with Crippen LogP contribution in [0.2, 0.25) is 0 Å². The van der Waals surface area contributed by atoms with Crippen LogP contribution in [-0.2, 0) is 0 Å². The molecule has 2 atom stereocenters. The lowest BCUT2D eigenvalue weighted by atomic mass is 10.0. The summed E-state index contributed by atoms with van der Waals surface area (Å²) in [6.45, 7) is 0. The van der Waals surface area contributed by atoms with Gasteiger partial charge in [0, 0.05) is 35.5 Å². The maximum atomic E-state index is 9.79. The molecule has 0 radical (unpaired) electrons. The Hall–Kier alpha value is -3.84. The van der Waals surface area contributed by atoms with E-state index in [4.69, 9.17) is 17.0 Å². The Kier molecular flexibility index (Phi) is 5.25. The van der Waals surface area contributed by atoms with Crippen molar-refractivity contribution in [1.82, 2.24) is 14.9 Å². The van der Waals surface area contributed by atoms with E-state index in [2.05, 4.69) is 25.8 Å². The third-order valence-corrected chi connectivity index (χ3v) is 5.96. The first kappa shape index (κ1) is 20.1. The first-order valence-corrected chi connectivity index (χ1v) is 10.7. The van der Waals surface area contributed by atoms with Crippen molar-refractivity contribution in [3.05, 3.63) is 103 Å². The van der Waals surface area contributed by atoms with Gasteiger partial charge in [0.05, 0.1) is 18.8 Å².